The molecule has 7 heteroatoms. The van der Waals surface area contributed by atoms with Gasteiger partial charge in [-0.25, -0.2) is 0 Å². The Morgan fingerprint density at radius 3 is 1.03 bits per heavy atom. The molecule has 0 heterocycles. The van der Waals surface area contributed by atoms with Gasteiger partial charge in [0.1, 0.15) is 0 Å². The molecule has 0 aliphatic rings. The quantitative estimate of drug-likeness (QED) is 0.184. The second-order valence-corrected chi connectivity index (χ2v) is 7.89. The van der Waals surface area contributed by atoms with Gasteiger partial charge in [-0.3, -0.25) is 9.80 Å². The number of rotatable bonds is 23. The highest BCUT2D eigenvalue weighted by molar-refractivity contribution is 4.67. The fraction of sp³-hybridized carbons (Fsp3) is 1.00. The van der Waals surface area contributed by atoms with E-state index in [0.717, 1.165) is 32.7 Å². The van der Waals surface area contributed by atoms with Gasteiger partial charge in [-0.15, -0.1) is 0 Å². The molecule has 0 aromatic carbocycles. The van der Waals surface area contributed by atoms with Gasteiger partial charge >= 0.3 is 0 Å². The van der Waals surface area contributed by atoms with Crippen molar-refractivity contribution in [2.75, 3.05) is 85.3 Å². The SMILES string of the molecule is CCCCCCCCCCN(CCN(CCO)CCO)CCN(CCO)CCO. The van der Waals surface area contributed by atoms with Gasteiger partial charge in [0.15, 0.2) is 0 Å². The van der Waals surface area contributed by atoms with Crippen LogP contribution in [-0.4, -0.2) is 120 Å². The summed E-state index contributed by atoms with van der Waals surface area (Å²) in [4.78, 5) is 6.64. The Kier molecular flexibility index (Phi) is 22.2. The third kappa shape index (κ3) is 18.2. The maximum absolute atomic E-state index is 9.21. The van der Waals surface area contributed by atoms with Crippen molar-refractivity contribution in [1.82, 2.24) is 14.7 Å². The van der Waals surface area contributed by atoms with Gasteiger partial charge in [0.2, 0.25) is 0 Å². The number of hydrogen-bond donors (Lipinski definition) is 4. The van der Waals surface area contributed by atoms with E-state index in [1.54, 1.807) is 0 Å². The van der Waals surface area contributed by atoms with Gasteiger partial charge in [-0.2, -0.15) is 0 Å². The average Bonchev–Trinajstić information content (AvgIpc) is 2.71. The standard InChI is InChI=1S/C22H49N3O4/c1-2-3-4-5-6-7-8-9-10-23(11-13-24(15-19-26)16-20-27)12-14-25(17-21-28)18-22-29/h26-29H,2-22H2,1H3. The summed E-state index contributed by atoms with van der Waals surface area (Å²) < 4.78 is 0. The summed E-state index contributed by atoms with van der Waals surface area (Å²) in [6, 6.07) is 0. The average molecular weight is 420 g/mol. The zero-order valence-corrected chi connectivity index (χ0v) is 19.0. The summed E-state index contributed by atoms with van der Waals surface area (Å²) in [7, 11) is 0. The fourth-order valence-electron chi connectivity index (χ4n) is 3.61. The first-order chi connectivity index (χ1) is 14.2. The van der Waals surface area contributed by atoms with E-state index in [4.69, 9.17) is 0 Å². The van der Waals surface area contributed by atoms with E-state index in [1.165, 1.54) is 51.4 Å². The molecule has 0 aromatic rings. The highest BCUT2D eigenvalue weighted by Crippen LogP contribution is 2.09. The topological polar surface area (TPSA) is 90.6 Å². The van der Waals surface area contributed by atoms with Crippen LogP contribution >= 0.6 is 0 Å². The molecule has 0 rings (SSSR count). The number of nitrogens with zero attached hydrogens (tertiary/aromatic N) is 3. The van der Waals surface area contributed by atoms with Crippen molar-refractivity contribution in [3.05, 3.63) is 0 Å². The highest BCUT2D eigenvalue weighted by atomic mass is 16.3. The third-order valence-corrected chi connectivity index (χ3v) is 5.46. The summed E-state index contributed by atoms with van der Waals surface area (Å²) in [5.74, 6) is 0. The monoisotopic (exact) mass is 419 g/mol. The van der Waals surface area contributed by atoms with Gasteiger partial charge in [0.25, 0.3) is 0 Å². The smallest absolute Gasteiger partial charge is 0.0558 e. The van der Waals surface area contributed by atoms with Gasteiger partial charge in [0, 0.05) is 52.4 Å². The summed E-state index contributed by atoms with van der Waals surface area (Å²) in [5, 5.41) is 36.8. The zero-order valence-electron chi connectivity index (χ0n) is 19.0. The van der Waals surface area contributed by atoms with E-state index >= 15 is 0 Å². The molecule has 4 N–H and O–H groups in total. The number of aliphatic hydroxyl groups excluding tert-OH is 4. The Bertz CT molecular complexity index is 292. The predicted octanol–water partition coefficient (Wildman–Crippen LogP) is 1.00. The first kappa shape index (κ1) is 28.7. The maximum atomic E-state index is 9.21. The van der Waals surface area contributed by atoms with Crippen LogP contribution in [0.2, 0.25) is 0 Å². The Labute approximate surface area is 179 Å². The molecule has 7 nitrogen and oxygen atoms in total. The van der Waals surface area contributed by atoms with Crippen molar-refractivity contribution >= 4 is 0 Å². The minimum Gasteiger partial charge on any atom is -0.395 e. The van der Waals surface area contributed by atoms with Crippen LogP contribution in [0.25, 0.3) is 0 Å². The Hall–Kier alpha value is -0.280. The van der Waals surface area contributed by atoms with Crippen molar-refractivity contribution in [1.29, 1.82) is 0 Å². The molecule has 0 radical (unpaired) electrons. The number of aliphatic hydroxyl groups is 4. The van der Waals surface area contributed by atoms with Gasteiger partial charge in [-0.05, 0) is 13.0 Å². The molecule has 176 valence electrons. The molecule has 0 bridgehead atoms. The fourth-order valence-corrected chi connectivity index (χ4v) is 3.61. The van der Waals surface area contributed by atoms with E-state index in [-0.39, 0.29) is 26.4 Å². The van der Waals surface area contributed by atoms with Crippen LogP contribution in [-0.2, 0) is 0 Å². The third-order valence-electron chi connectivity index (χ3n) is 5.46. The van der Waals surface area contributed by atoms with Crippen LogP contribution in [0.5, 0.6) is 0 Å². The summed E-state index contributed by atoms with van der Waals surface area (Å²) in [6.45, 7) is 9.57. The maximum Gasteiger partial charge on any atom is 0.0558 e. The number of hydrogen-bond acceptors (Lipinski definition) is 7. The van der Waals surface area contributed by atoms with Crippen molar-refractivity contribution in [3.63, 3.8) is 0 Å². The van der Waals surface area contributed by atoms with Crippen LogP contribution in [0.3, 0.4) is 0 Å². The van der Waals surface area contributed by atoms with E-state index in [9.17, 15) is 20.4 Å². The Morgan fingerprint density at radius 2 is 0.690 bits per heavy atom. The minimum absolute atomic E-state index is 0.110. The molecule has 0 atom stereocenters. The van der Waals surface area contributed by atoms with Crippen molar-refractivity contribution in [2.45, 2.75) is 58.3 Å². The van der Waals surface area contributed by atoms with E-state index < -0.39 is 0 Å². The molecule has 0 aliphatic heterocycles. The second kappa shape index (κ2) is 22.4. The molecule has 0 amide bonds. The van der Waals surface area contributed by atoms with Crippen LogP contribution in [0.4, 0.5) is 0 Å². The Balaban J connectivity index is 4.34. The molecule has 0 unspecified atom stereocenters. The van der Waals surface area contributed by atoms with Crippen molar-refractivity contribution in [2.24, 2.45) is 0 Å². The molecule has 0 saturated heterocycles. The normalized spacial score (nSPS) is 12.0. The molecule has 0 saturated carbocycles. The molecule has 0 spiro atoms. The summed E-state index contributed by atoms with van der Waals surface area (Å²) in [6.07, 6.45) is 10.4. The van der Waals surface area contributed by atoms with E-state index in [2.05, 4.69) is 21.6 Å². The molecule has 29 heavy (non-hydrogen) atoms. The van der Waals surface area contributed by atoms with Crippen LogP contribution < -0.4 is 0 Å². The summed E-state index contributed by atoms with van der Waals surface area (Å²) in [5.41, 5.74) is 0. The highest BCUT2D eigenvalue weighted by Gasteiger charge is 2.11. The van der Waals surface area contributed by atoms with Gasteiger partial charge in [0.05, 0.1) is 26.4 Å². The van der Waals surface area contributed by atoms with Crippen LogP contribution in [0.1, 0.15) is 58.3 Å². The van der Waals surface area contributed by atoms with Crippen LogP contribution in [0, 0.1) is 0 Å². The molecular formula is C22H49N3O4. The largest absolute Gasteiger partial charge is 0.395 e. The molecule has 0 aromatic heterocycles. The zero-order chi connectivity index (χ0) is 21.6. The Morgan fingerprint density at radius 1 is 0.379 bits per heavy atom. The second-order valence-electron chi connectivity index (χ2n) is 7.89. The summed E-state index contributed by atoms with van der Waals surface area (Å²) >= 11 is 0. The van der Waals surface area contributed by atoms with Crippen LogP contribution in [0.15, 0.2) is 0 Å². The van der Waals surface area contributed by atoms with Gasteiger partial charge < -0.3 is 25.3 Å². The van der Waals surface area contributed by atoms with E-state index in [1.807, 2.05) is 0 Å². The van der Waals surface area contributed by atoms with Crippen molar-refractivity contribution in [3.8, 4) is 0 Å². The first-order valence-electron chi connectivity index (χ1n) is 11.8. The lowest BCUT2D eigenvalue weighted by Crippen LogP contribution is -2.42. The van der Waals surface area contributed by atoms with Gasteiger partial charge in [-0.1, -0.05) is 51.9 Å². The lowest BCUT2D eigenvalue weighted by Gasteiger charge is -2.29. The lowest BCUT2D eigenvalue weighted by atomic mass is 10.1. The number of unbranched alkanes of at least 4 members (excludes halogenated alkanes) is 7. The first-order valence-corrected chi connectivity index (χ1v) is 11.8. The van der Waals surface area contributed by atoms with E-state index in [0.29, 0.717) is 26.2 Å². The van der Waals surface area contributed by atoms with Crippen molar-refractivity contribution < 1.29 is 20.4 Å². The molecular weight excluding hydrogens is 370 g/mol. The minimum atomic E-state index is 0.110. The molecule has 0 fully saturated rings. The lowest BCUT2D eigenvalue weighted by molar-refractivity contribution is 0.123. The predicted molar refractivity (Wildman–Crippen MR) is 120 cm³/mol. The molecule has 0 aliphatic carbocycles.